The number of benzene rings is 2. The van der Waals surface area contributed by atoms with E-state index in [9.17, 15) is 14.4 Å². The summed E-state index contributed by atoms with van der Waals surface area (Å²) in [5.41, 5.74) is 0.550. The van der Waals surface area contributed by atoms with Gasteiger partial charge in [-0.05, 0) is 35.4 Å². The summed E-state index contributed by atoms with van der Waals surface area (Å²) in [6.07, 6.45) is 0. The molecule has 0 aliphatic carbocycles. The van der Waals surface area contributed by atoms with Crippen LogP contribution in [-0.4, -0.2) is 40.7 Å². The molecule has 2 aromatic rings. The Kier molecular flexibility index (Phi) is 4.59. The van der Waals surface area contributed by atoms with Crippen molar-refractivity contribution in [3.63, 3.8) is 0 Å². The van der Waals surface area contributed by atoms with Crippen molar-refractivity contribution in [2.75, 3.05) is 13.7 Å². The van der Waals surface area contributed by atoms with Crippen LogP contribution in [0.15, 0.2) is 46.9 Å². The average Bonchev–Trinajstić information content (AvgIpc) is 3.11. The molecule has 9 heteroatoms. The van der Waals surface area contributed by atoms with Crippen molar-refractivity contribution in [1.82, 2.24) is 14.5 Å². The zero-order valence-corrected chi connectivity index (χ0v) is 17.3. The zero-order chi connectivity index (χ0) is 20.1. The molecular formula is C19H16BrN3O4S. The van der Waals surface area contributed by atoms with E-state index < -0.39 is 17.5 Å². The molecule has 1 atom stereocenters. The molecule has 4 amide bonds. The molecule has 0 bridgehead atoms. The van der Waals surface area contributed by atoms with Gasteiger partial charge in [0, 0.05) is 16.6 Å². The lowest BCUT2D eigenvalue weighted by Gasteiger charge is -2.31. The van der Waals surface area contributed by atoms with E-state index in [4.69, 9.17) is 4.74 Å². The van der Waals surface area contributed by atoms with Crippen molar-refractivity contribution < 1.29 is 19.1 Å². The van der Waals surface area contributed by atoms with E-state index >= 15 is 0 Å². The lowest BCUT2D eigenvalue weighted by Crippen LogP contribution is -2.52. The highest BCUT2D eigenvalue weighted by Gasteiger charge is 2.53. The van der Waals surface area contributed by atoms with E-state index in [2.05, 4.69) is 34.1 Å². The SMILES string of the molecule is COc1ccc2c(c1)C(=O)N(C[C@@]1(c3ccc(Br)cc3)NC(=O)N(S)C1=O)C2. The topological polar surface area (TPSA) is 79.0 Å². The van der Waals surface area contributed by atoms with Gasteiger partial charge in [0.2, 0.25) is 0 Å². The van der Waals surface area contributed by atoms with Crippen LogP contribution in [0.4, 0.5) is 4.79 Å². The third-order valence-electron chi connectivity index (χ3n) is 5.03. The molecule has 1 N–H and O–H groups in total. The Morgan fingerprint density at radius 3 is 2.50 bits per heavy atom. The molecule has 0 aromatic heterocycles. The first-order valence-corrected chi connectivity index (χ1v) is 9.63. The first-order valence-electron chi connectivity index (χ1n) is 8.43. The predicted molar refractivity (Wildman–Crippen MR) is 108 cm³/mol. The number of thiol groups is 1. The maximum Gasteiger partial charge on any atom is 0.335 e. The molecule has 7 nitrogen and oxygen atoms in total. The van der Waals surface area contributed by atoms with Gasteiger partial charge in [-0.1, -0.05) is 46.9 Å². The quantitative estimate of drug-likeness (QED) is 0.541. The highest BCUT2D eigenvalue weighted by molar-refractivity contribution is 9.10. The third kappa shape index (κ3) is 2.85. The van der Waals surface area contributed by atoms with Crippen molar-refractivity contribution in [2.45, 2.75) is 12.1 Å². The van der Waals surface area contributed by atoms with Gasteiger partial charge in [-0.3, -0.25) is 9.59 Å². The Bertz CT molecular complexity index is 997. The Balaban J connectivity index is 1.72. The van der Waals surface area contributed by atoms with Crippen molar-refractivity contribution in [3.05, 3.63) is 63.6 Å². The molecule has 4 rings (SSSR count). The van der Waals surface area contributed by atoms with Crippen LogP contribution < -0.4 is 10.1 Å². The lowest BCUT2D eigenvalue weighted by molar-refractivity contribution is -0.128. The summed E-state index contributed by atoms with van der Waals surface area (Å²) in [4.78, 5) is 39.7. The van der Waals surface area contributed by atoms with E-state index in [1.807, 2.05) is 6.07 Å². The second-order valence-corrected chi connectivity index (χ2v) is 7.96. The fourth-order valence-corrected chi connectivity index (χ4v) is 4.06. The number of nitrogens with zero attached hydrogens (tertiary/aromatic N) is 2. The second-order valence-electron chi connectivity index (χ2n) is 6.64. The van der Waals surface area contributed by atoms with Crippen LogP contribution >= 0.6 is 28.7 Å². The van der Waals surface area contributed by atoms with Gasteiger partial charge in [-0.25, -0.2) is 9.10 Å². The van der Waals surface area contributed by atoms with E-state index in [0.717, 1.165) is 14.3 Å². The summed E-state index contributed by atoms with van der Waals surface area (Å²) in [6, 6.07) is 11.7. The molecular weight excluding hydrogens is 446 g/mol. The van der Waals surface area contributed by atoms with Crippen molar-refractivity contribution in [1.29, 1.82) is 0 Å². The fourth-order valence-electron chi connectivity index (χ4n) is 3.57. The minimum absolute atomic E-state index is 0.00784. The molecule has 28 heavy (non-hydrogen) atoms. The number of halogens is 1. The normalized spacial score (nSPS) is 21.2. The van der Waals surface area contributed by atoms with Crippen LogP contribution in [0.3, 0.4) is 0 Å². The van der Waals surface area contributed by atoms with E-state index in [-0.39, 0.29) is 12.5 Å². The van der Waals surface area contributed by atoms with Gasteiger partial charge < -0.3 is 15.0 Å². The number of carbonyl (C=O) groups is 3. The largest absolute Gasteiger partial charge is 0.497 e. The second kappa shape index (κ2) is 6.82. The summed E-state index contributed by atoms with van der Waals surface area (Å²) in [7, 11) is 1.54. The first kappa shape index (κ1) is 18.8. The molecule has 0 radical (unpaired) electrons. The van der Waals surface area contributed by atoms with Gasteiger partial charge in [0.05, 0.1) is 13.7 Å². The highest BCUT2D eigenvalue weighted by atomic mass is 79.9. The van der Waals surface area contributed by atoms with Gasteiger partial charge in [-0.2, -0.15) is 0 Å². The fraction of sp³-hybridized carbons (Fsp3) is 0.211. The summed E-state index contributed by atoms with van der Waals surface area (Å²) < 4.78 is 6.78. The van der Waals surface area contributed by atoms with Crippen molar-refractivity contribution in [2.24, 2.45) is 0 Å². The number of amides is 4. The molecule has 1 saturated heterocycles. The number of hydrogen-bond acceptors (Lipinski definition) is 5. The Hall–Kier alpha value is -2.52. The van der Waals surface area contributed by atoms with Gasteiger partial charge in [0.25, 0.3) is 11.8 Å². The summed E-state index contributed by atoms with van der Waals surface area (Å²) in [5.74, 6) is -0.155. The first-order chi connectivity index (χ1) is 13.4. The minimum Gasteiger partial charge on any atom is -0.497 e. The van der Waals surface area contributed by atoms with Crippen molar-refractivity contribution >= 4 is 46.6 Å². The number of ether oxygens (including phenoxy) is 1. The maximum atomic E-state index is 13.0. The monoisotopic (exact) mass is 461 g/mol. The minimum atomic E-state index is -1.40. The number of urea groups is 1. The molecule has 1 fully saturated rings. The van der Waals surface area contributed by atoms with Crippen LogP contribution in [0, 0.1) is 0 Å². The summed E-state index contributed by atoms with van der Waals surface area (Å²) in [5, 5.41) is 2.73. The lowest BCUT2D eigenvalue weighted by atomic mass is 9.89. The molecule has 0 spiro atoms. The molecule has 2 aliphatic heterocycles. The Labute approximate surface area is 175 Å². The van der Waals surface area contributed by atoms with Gasteiger partial charge in [0.1, 0.15) is 5.75 Å². The molecule has 2 heterocycles. The van der Waals surface area contributed by atoms with Crippen LogP contribution in [0.2, 0.25) is 0 Å². The van der Waals surface area contributed by atoms with E-state index in [1.165, 1.54) is 7.11 Å². The number of hydrogen-bond donors (Lipinski definition) is 2. The smallest absolute Gasteiger partial charge is 0.335 e. The van der Waals surface area contributed by atoms with E-state index in [1.54, 1.807) is 41.3 Å². The molecule has 0 unspecified atom stereocenters. The average molecular weight is 462 g/mol. The number of rotatable bonds is 4. The van der Waals surface area contributed by atoms with Gasteiger partial charge in [0.15, 0.2) is 5.54 Å². The summed E-state index contributed by atoms with van der Waals surface area (Å²) >= 11 is 7.37. The zero-order valence-electron chi connectivity index (χ0n) is 14.8. The van der Waals surface area contributed by atoms with Crippen LogP contribution in [0.1, 0.15) is 21.5 Å². The third-order valence-corrected chi connectivity index (χ3v) is 5.92. The number of methoxy groups -OCH3 is 1. The molecule has 2 aromatic carbocycles. The van der Waals surface area contributed by atoms with Gasteiger partial charge in [-0.15, -0.1) is 0 Å². The Morgan fingerprint density at radius 2 is 1.89 bits per heavy atom. The van der Waals surface area contributed by atoms with E-state index in [0.29, 0.717) is 23.4 Å². The number of fused-ring (bicyclic) bond motifs is 1. The number of carbonyl (C=O) groups excluding carboxylic acids is 3. The number of imide groups is 1. The van der Waals surface area contributed by atoms with Crippen LogP contribution in [0.5, 0.6) is 5.75 Å². The maximum absolute atomic E-state index is 13.0. The standard InChI is InChI=1S/C19H16BrN3O4S/c1-27-14-7-2-11-9-22(16(24)15(11)8-14)10-19(12-3-5-13(20)6-4-12)17(25)23(28)18(26)21-19/h2-8,28H,9-10H2,1H3,(H,21,26)/t19-/m0/s1. The molecule has 2 aliphatic rings. The van der Waals surface area contributed by atoms with Crippen LogP contribution in [-0.2, 0) is 16.9 Å². The predicted octanol–water partition coefficient (Wildman–Crippen LogP) is 2.71. The van der Waals surface area contributed by atoms with Crippen molar-refractivity contribution in [3.8, 4) is 5.75 Å². The number of nitrogens with one attached hydrogen (secondary N) is 1. The van der Waals surface area contributed by atoms with Crippen LogP contribution in [0.25, 0.3) is 0 Å². The molecule has 144 valence electrons. The highest BCUT2D eigenvalue weighted by Crippen LogP contribution is 2.35. The molecule has 0 saturated carbocycles. The summed E-state index contributed by atoms with van der Waals surface area (Å²) in [6.45, 7) is 0.332. The Morgan fingerprint density at radius 1 is 1.18 bits per heavy atom. The van der Waals surface area contributed by atoms with Gasteiger partial charge >= 0.3 is 6.03 Å².